The Kier molecular flexibility index (Phi) is 4.39. The summed E-state index contributed by atoms with van der Waals surface area (Å²) in [7, 11) is 0. The molecule has 2 atom stereocenters. The average Bonchev–Trinajstić information content (AvgIpc) is 2.47. The zero-order chi connectivity index (χ0) is 14.7. The predicted molar refractivity (Wildman–Crippen MR) is 76.8 cm³/mol. The lowest BCUT2D eigenvalue weighted by Crippen LogP contribution is -2.48. The highest BCUT2D eigenvalue weighted by Gasteiger charge is 2.31. The van der Waals surface area contributed by atoms with Gasteiger partial charge in [-0.15, -0.1) is 0 Å². The fourth-order valence-corrected chi connectivity index (χ4v) is 2.57. The van der Waals surface area contributed by atoms with Crippen molar-refractivity contribution < 1.29 is 9.59 Å². The summed E-state index contributed by atoms with van der Waals surface area (Å²) in [6.07, 6.45) is 1.56. The summed E-state index contributed by atoms with van der Waals surface area (Å²) >= 11 is 0. The molecule has 20 heavy (non-hydrogen) atoms. The van der Waals surface area contributed by atoms with Crippen molar-refractivity contribution in [3.8, 4) is 0 Å². The van der Waals surface area contributed by atoms with Crippen LogP contribution in [-0.2, 0) is 11.3 Å². The van der Waals surface area contributed by atoms with Gasteiger partial charge in [-0.1, -0.05) is 12.1 Å². The molecule has 1 aromatic carbocycles. The van der Waals surface area contributed by atoms with Crippen LogP contribution in [0.3, 0.4) is 0 Å². The van der Waals surface area contributed by atoms with E-state index in [1.165, 1.54) is 0 Å². The number of hydrogen-bond acceptors (Lipinski definition) is 3. The van der Waals surface area contributed by atoms with Gasteiger partial charge in [-0.25, -0.2) is 0 Å². The Morgan fingerprint density at radius 2 is 1.90 bits per heavy atom. The Balaban J connectivity index is 2.15. The van der Waals surface area contributed by atoms with Gasteiger partial charge in [0.2, 0.25) is 5.91 Å². The lowest BCUT2D eigenvalue weighted by Gasteiger charge is -2.37. The monoisotopic (exact) mass is 275 g/mol. The zero-order valence-electron chi connectivity index (χ0n) is 11.7. The van der Waals surface area contributed by atoms with Crippen molar-refractivity contribution in [1.82, 2.24) is 4.90 Å². The van der Waals surface area contributed by atoms with E-state index in [1.807, 2.05) is 19.1 Å². The number of rotatable bonds is 3. The van der Waals surface area contributed by atoms with Gasteiger partial charge in [-0.3, -0.25) is 9.59 Å². The lowest BCUT2D eigenvalue weighted by molar-refractivity contribution is -0.123. The van der Waals surface area contributed by atoms with E-state index in [0.29, 0.717) is 18.7 Å². The number of hydrogen-bond donors (Lipinski definition) is 2. The van der Waals surface area contributed by atoms with Gasteiger partial charge in [0.25, 0.3) is 5.91 Å². The SMILES string of the molecule is CC1CCC(C(N)=O)CN1C(=O)c1ccc(CN)cc1. The van der Waals surface area contributed by atoms with Gasteiger partial charge >= 0.3 is 0 Å². The second-order valence-electron chi connectivity index (χ2n) is 5.38. The normalized spacial score (nSPS) is 22.6. The summed E-state index contributed by atoms with van der Waals surface area (Å²) in [5.74, 6) is -0.612. The molecule has 1 aliphatic rings. The Bertz CT molecular complexity index is 498. The topological polar surface area (TPSA) is 89.4 Å². The van der Waals surface area contributed by atoms with Crippen molar-refractivity contribution in [2.24, 2.45) is 17.4 Å². The zero-order valence-corrected chi connectivity index (χ0v) is 11.7. The van der Waals surface area contributed by atoms with Crippen molar-refractivity contribution in [2.45, 2.75) is 32.4 Å². The second kappa shape index (κ2) is 6.05. The molecule has 0 radical (unpaired) electrons. The summed E-state index contributed by atoms with van der Waals surface area (Å²) in [5, 5.41) is 0. The molecule has 2 amide bonds. The number of benzene rings is 1. The molecule has 1 aliphatic heterocycles. The van der Waals surface area contributed by atoms with Crippen LogP contribution >= 0.6 is 0 Å². The van der Waals surface area contributed by atoms with E-state index < -0.39 is 0 Å². The number of likely N-dealkylation sites (tertiary alicyclic amines) is 1. The lowest BCUT2D eigenvalue weighted by atomic mass is 9.92. The van der Waals surface area contributed by atoms with Crippen LogP contribution in [0.5, 0.6) is 0 Å². The first-order valence-electron chi connectivity index (χ1n) is 6.92. The van der Waals surface area contributed by atoms with Crippen molar-refractivity contribution in [3.05, 3.63) is 35.4 Å². The molecule has 4 N–H and O–H groups in total. The van der Waals surface area contributed by atoms with Gasteiger partial charge < -0.3 is 16.4 Å². The minimum atomic E-state index is -0.326. The molecule has 108 valence electrons. The van der Waals surface area contributed by atoms with Gasteiger partial charge in [0.05, 0.1) is 5.92 Å². The molecular formula is C15H21N3O2. The minimum Gasteiger partial charge on any atom is -0.369 e. The maximum atomic E-state index is 12.5. The number of carbonyl (C=O) groups is 2. The summed E-state index contributed by atoms with van der Waals surface area (Å²) in [5.41, 5.74) is 12.5. The Morgan fingerprint density at radius 3 is 2.45 bits per heavy atom. The number of piperidine rings is 1. The van der Waals surface area contributed by atoms with Crippen LogP contribution in [0.15, 0.2) is 24.3 Å². The molecule has 0 saturated carbocycles. The Morgan fingerprint density at radius 1 is 1.25 bits per heavy atom. The van der Waals surface area contributed by atoms with E-state index in [4.69, 9.17) is 11.5 Å². The largest absolute Gasteiger partial charge is 0.369 e. The van der Waals surface area contributed by atoms with E-state index in [-0.39, 0.29) is 23.8 Å². The third kappa shape index (κ3) is 2.99. The molecule has 1 heterocycles. The fraction of sp³-hybridized carbons (Fsp3) is 0.467. The molecule has 0 spiro atoms. The molecule has 1 fully saturated rings. The Hall–Kier alpha value is -1.88. The van der Waals surface area contributed by atoms with Crippen LogP contribution in [-0.4, -0.2) is 29.3 Å². The summed E-state index contributed by atoms with van der Waals surface area (Å²) in [6.45, 7) is 2.87. The van der Waals surface area contributed by atoms with Crippen LogP contribution in [0.1, 0.15) is 35.7 Å². The molecule has 1 aromatic rings. The first kappa shape index (κ1) is 14.5. The highest BCUT2D eigenvalue weighted by molar-refractivity contribution is 5.95. The molecule has 5 nitrogen and oxygen atoms in total. The standard InChI is InChI=1S/C15H21N3O2/c1-10-2-5-13(14(17)19)9-18(10)15(20)12-6-3-11(8-16)4-7-12/h3-4,6-7,10,13H,2,5,8-9,16H2,1H3,(H2,17,19). The number of nitrogens with two attached hydrogens (primary N) is 2. The highest BCUT2D eigenvalue weighted by Crippen LogP contribution is 2.23. The van der Waals surface area contributed by atoms with E-state index in [9.17, 15) is 9.59 Å². The highest BCUT2D eigenvalue weighted by atomic mass is 16.2. The molecule has 0 aromatic heterocycles. The molecule has 1 saturated heterocycles. The third-order valence-electron chi connectivity index (χ3n) is 3.98. The molecule has 2 rings (SSSR count). The fourth-order valence-electron chi connectivity index (χ4n) is 2.57. The van der Waals surface area contributed by atoms with Crippen molar-refractivity contribution in [2.75, 3.05) is 6.54 Å². The molecule has 0 aliphatic carbocycles. The van der Waals surface area contributed by atoms with Crippen LogP contribution in [0.2, 0.25) is 0 Å². The number of carbonyl (C=O) groups excluding carboxylic acids is 2. The Labute approximate surface area is 118 Å². The first-order chi connectivity index (χ1) is 9.52. The maximum absolute atomic E-state index is 12.5. The van der Waals surface area contributed by atoms with E-state index in [2.05, 4.69) is 0 Å². The van der Waals surface area contributed by atoms with Crippen molar-refractivity contribution in [3.63, 3.8) is 0 Å². The summed E-state index contributed by atoms with van der Waals surface area (Å²) in [6, 6.07) is 7.41. The van der Waals surface area contributed by atoms with Gasteiger partial charge in [-0.2, -0.15) is 0 Å². The molecule has 2 unspecified atom stereocenters. The third-order valence-corrected chi connectivity index (χ3v) is 3.98. The van der Waals surface area contributed by atoms with Gasteiger partial charge in [-0.05, 0) is 37.5 Å². The van der Waals surface area contributed by atoms with E-state index in [1.54, 1.807) is 17.0 Å². The van der Waals surface area contributed by atoms with Gasteiger partial charge in [0.1, 0.15) is 0 Å². The maximum Gasteiger partial charge on any atom is 0.254 e. The van der Waals surface area contributed by atoms with E-state index in [0.717, 1.165) is 18.4 Å². The van der Waals surface area contributed by atoms with E-state index >= 15 is 0 Å². The van der Waals surface area contributed by atoms with Crippen LogP contribution in [0.25, 0.3) is 0 Å². The molecule has 5 heteroatoms. The number of nitrogens with zero attached hydrogens (tertiary/aromatic N) is 1. The van der Waals surface area contributed by atoms with Crippen LogP contribution < -0.4 is 11.5 Å². The number of primary amides is 1. The molecular weight excluding hydrogens is 254 g/mol. The van der Waals surface area contributed by atoms with Crippen LogP contribution in [0, 0.1) is 5.92 Å². The predicted octanol–water partition coefficient (Wildman–Crippen LogP) is 0.871. The van der Waals surface area contributed by atoms with Crippen molar-refractivity contribution >= 4 is 11.8 Å². The summed E-state index contributed by atoms with van der Waals surface area (Å²) in [4.78, 5) is 25.6. The quantitative estimate of drug-likeness (QED) is 0.857. The van der Waals surface area contributed by atoms with Gasteiger partial charge in [0.15, 0.2) is 0 Å². The van der Waals surface area contributed by atoms with Crippen molar-refractivity contribution in [1.29, 1.82) is 0 Å². The second-order valence-corrected chi connectivity index (χ2v) is 5.38. The first-order valence-corrected chi connectivity index (χ1v) is 6.92. The van der Waals surface area contributed by atoms with Gasteiger partial charge in [0, 0.05) is 24.7 Å². The average molecular weight is 275 g/mol. The summed E-state index contributed by atoms with van der Waals surface area (Å²) < 4.78 is 0. The smallest absolute Gasteiger partial charge is 0.254 e. The van der Waals surface area contributed by atoms with Crippen LogP contribution in [0.4, 0.5) is 0 Å². The minimum absolute atomic E-state index is 0.0491. The number of amides is 2. The molecule has 0 bridgehead atoms.